The molecule has 0 aromatic rings. The van der Waals surface area contributed by atoms with Crippen LogP contribution in [0, 0.1) is 0 Å². The van der Waals surface area contributed by atoms with Crippen LogP contribution in [0.25, 0.3) is 0 Å². The van der Waals surface area contributed by atoms with Gasteiger partial charge in [0.05, 0.1) is 79.1 Å². The lowest BCUT2D eigenvalue weighted by molar-refractivity contribution is -0.138. The monoisotopic (exact) mass is 382 g/mol. The molecule has 0 fully saturated rings. The Labute approximate surface area is 151 Å². The van der Waals surface area contributed by atoms with Crippen molar-refractivity contribution in [2.75, 3.05) is 72.7 Å². The van der Waals surface area contributed by atoms with Crippen molar-refractivity contribution < 1.29 is 38.0 Å². The van der Waals surface area contributed by atoms with Gasteiger partial charge in [0.15, 0.2) is 8.32 Å². The molecule has 0 aliphatic heterocycles. The maximum atomic E-state index is 10.2. The predicted octanol–water partition coefficient (Wildman–Crippen LogP) is 1.40. The van der Waals surface area contributed by atoms with E-state index in [9.17, 15) is 4.79 Å². The van der Waals surface area contributed by atoms with Crippen molar-refractivity contribution >= 4 is 14.3 Å². The highest BCUT2D eigenvalue weighted by molar-refractivity contribution is 6.69. The number of carboxylic acids is 1. The molecule has 0 spiro atoms. The van der Waals surface area contributed by atoms with Gasteiger partial charge < -0.3 is 33.2 Å². The molecule has 0 saturated carbocycles. The van der Waals surface area contributed by atoms with E-state index in [2.05, 4.69) is 19.6 Å². The summed E-state index contributed by atoms with van der Waals surface area (Å²) in [4.78, 5) is 10.2. The van der Waals surface area contributed by atoms with Crippen LogP contribution in [0.5, 0.6) is 0 Å². The molecular formula is C16H34O8Si. The van der Waals surface area contributed by atoms with E-state index in [1.54, 1.807) is 0 Å². The lowest BCUT2D eigenvalue weighted by Crippen LogP contribution is -2.27. The topological polar surface area (TPSA) is 92.7 Å². The normalized spacial score (nSPS) is 11.8. The van der Waals surface area contributed by atoms with Gasteiger partial charge in [-0.2, -0.15) is 0 Å². The van der Waals surface area contributed by atoms with Gasteiger partial charge in [0.25, 0.3) is 0 Å². The average molecular weight is 383 g/mol. The van der Waals surface area contributed by atoms with Gasteiger partial charge in [-0.3, -0.25) is 4.79 Å². The second kappa shape index (κ2) is 16.9. The number of carboxylic acid groups (broad SMARTS) is 1. The van der Waals surface area contributed by atoms with Gasteiger partial charge in [0.1, 0.15) is 0 Å². The molecular weight excluding hydrogens is 348 g/mol. The standard InChI is InChI=1S/C16H34O8Si/c1-25(2,3)24-15-14-23-13-12-22-11-10-21-9-8-20-7-6-19-5-4-16(17)18/h4-15H2,1-3H3,(H,17,18). The Hall–Kier alpha value is -0.553. The number of carbonyl (C=O) groups is 1. The maximum Gasteiger partial charge on any atom is 0.305 e. The van der Waals surface area contributed by atoms with Crippen molar-refractivity contribution in [1.29, 1.82) is 0 Å². The van der Waals surface area contributed by atoms with Gasteiger partial charge in [-0.25, -0.2) is 0 Å². The molecule has 150 valence electrons. The van der Waals surface area contributed by atoms with E-state index < -0.39 is 14.3 Å². The fraction of sp³-hybridized carbons (Fsp3) is 0.938. The van der Waals surface area contributed by atoms with E-state index >= 15 is 0 Å². The third-order valence-corrected chi connectivity index (χ3v) is 3.78. The quantitative estimate of drug-likeness (QED) is 0.265. The number of hydrogen-bond donors (Lipinski definition) is 1. The molecule has 0 bridgehead atoms. The minimum atomic E-state index is -1.44. The molecule has 0 rings (SSSR count). The summed E-state index contributed by atoms with van der Waals surface area (Å²) in [7, 11) is -1.44. The first-order chi connectivity index (χ1) is 11.9. The molecule has 0 aliphatic rings. The van der Waals surface area contributed by atoms with E-state index in [1.165, 1.54) is 0 Å². The van der Waals surface area contributed by atoms with Crippen LogP contribution in [-0.4, -0.2) is 92.1 Å². The van der Waals surface area contributed by atoms with Gasteiger partial charge in [-0.15, -0.1) is 0 Å². The molecule has 0 aromatic carbocycles. The largest absolute Gasteiger partial charge is 0.481 e. The molecule has 0 heterocycles. The van der Waals surface area contributed by atoms with E-state index in [0.29, 0.717) is 66.1 Å². The molecule has 0 radical (unpaired) electrons. The highest BCUT2D eigenvalue weighted by Gasteiger charge is 2.12. The van der Waals surface area contributed by atoms with E-state index in [-0.39, 0.29) is 13.0 Å². The first-order valence-corrected chi connectivity index (χ1v) is 12.1. The van der Waals surface area contributed by atoms with Crippen LogP contribution in [0.4, 0.5) is 0 Å². The highest BCUT2D eigenvalue weighted by Crippen LogP contribution is 2.01. The van der Waals surface area contributed by atoms with Crippen LogP contribution < -0.4 is 0 Å². The summed E-state index contributed by atoms with van der Waals surface area (Å²) in [6.45, 7) is 11.8. The van der Waals surface area contributed by atoms with Crippen molar-refractivity contribution in [1.82, 2.24) is 0 Å². The molecule has 0 aliphatic carbocycles. The molecule has 0 saturated heterocycles. The van der Waals surface area contributed by atoms with Gasteiger partial charge in [0.2, 0.25) is 0 Å². The number of aliphatic carboxylic acids is 1. The van der Waals surface area contributed by atoms with Crippen molar-refractivity contribution in [3.63, 3.8) is 0 Å². The fourth-order valence-electron chi connectivity index (χ4n) is 1.55. The third kappa shape index (κ3) is 23.4. The van der Waals surface area contributed by atoms with E-state index in [4.69, 9.17) is 33.2 Å². The molecule has 0 amide bonds. The summed E-state index contributed by atoms with van der Waals surface area (Å²) in [5.41, 5.74) is 0. The minimum Gasteiger partial charge on any atom is -0.481 e. The van der Waals surface area contributed by atoms with Crippen molar-refractivity contribution in [2.45, 2.75) is 26.1 Å². The Balaban J connectivity index is 3.04. The van der Waals surface area contributed by atoms with Crippen molar-refractivity contribution in [3.8, 4) is 0 Å². The Morgan fingerprint density at radius 2 is 0.960 bits per heavy atom. The van der Waals surface area contributed by atoms with E-state index in [1.807, 2.05) is 0 Å². The zero-order valence-electron chi connectivity index (χ0n) is 15.8. The second-order valence-corrected chi connectivity index (χ2v) is 10.7. The zero-order valence-corrected chi connectivity index (χ0v) is 16.8. The third-order valence-electron chi connectivity index (χ3n) is 2.71. The van der Waals surface area contributed by atoms with Crippen LogP contribution >= 0.6 is 0 Å². The zero-order chi connectivity index (χ0) is 18.8. The molecule has 25 heavy (non-hydrogen) atoms. The van der Waals surface area contributed by atoms with Crippen LogP contribution in [-0.2, 0) is 32.9 Å². The lowest BCUT2D eigenvalue weighted by Gasteiger charge is -2.16. The molecule has 8 nitrogen and oxygen atoms in total. The first-order valence-electron chi connectivity index (χ1n) is 8.66. The minimum absolute atomic E-state index is 0.0143. The number of rotatable bonds is 19. The summed E-state index contributed by atoms with van der Waals surface area (Å²) in [5, 5.41) is 8.42. The average Bonchev–Trinajstić information content (AvgIpc) is 2.52. The number of ether oxygens (including phenoxy) is 5. The molecule has 0 atom stereocenters. The summed E-state index contributed by atoms with van der Waals surface area (Å²) in [5.74, 6) is -0.862. The smallest absolute Gasteiger partial charge is 0.305 e. The SMILES string of the molecule is C[Si](C)(C)OCCOCCOCCOCCOCCOCCC(=O)O. The Bertz CT molecular complexity index is 309. The molecule has 0 aromatic heterocycles. The first kappa shape index (κ1) is 24.4. The molecule has 9 heteroatoms. The highest BCUT2D eigenvalue weighted by atomic mass is 28.4. The van der Waals surface area contributed by atoms with Gasteiger partial charge >= 0.3 is 5.97 Å². The summed E-state index contributed by atoms with van der Waals surface area (Å²) < 4.78 is 32.2. The Kier molecular flexibility index (Phi) is 16.5. The van der Waals surface area contributed by atoms with Crippen molar-refractivity contribution in [3.05, 3.63) is 0 Å². The lowest BCUT2D eigenvalue weighted by atomic mass is 10.5. The van der Waals surface area contributed by atoms with Gasteiger partial charge in [-0.1, -0.05) is 0 Å². The summed E-state index contributed by atoms with van der Waals surface area (Å²) >= 11 is 0. The van der Waals surface area contributed by atoms with Crippen LogP contribution in [0.2, 0.25) is 19.6 Å². The molecule has 1 N–H and O–H groups in total. The van der Waals surface area contributed by atoms with Crippen LogP contribution in [0.15, 0.2) is 0 Å². The van der Waals surface area contributed by atoms with Gasteiger partial charge in [0, 0.05) is 0 Å². The predicted molar refractivity (Wildman–Crippen MR) is 95.6 cm³/mol. The fourth-order valence-corrected chi connectivity index (χ4v) is 2.24. The summed E-state index contributed by atoms with van der Waals surface area (Å²) in [6.07, 6.45) is 0.0143. The van der Waals surface area contributed by atoms with Gasteiger partial charge in [-0.05, 0) is 19.6 Å². The summed E-state index contributed by atoms with van der Waals surface area (Å²) in [6, 6.07) is 0. The molecule has 0 unspecified atom stereocenters. The van der Waals surface area contributed by atoms with E-state index in [0.717, 1.165) is 0 Å². The number of hydrogen-bond acceptors (Lipinski definition) is 7. The van der Waals surface area contributed by atoms with Crippen LogP contribution in [0.3, 0.4) is 0 Å². The second-order valence-electron chi connectivity index (χ2n) is 6.17. The maximum absolute atomic E-state index is 10.2. The Morgan fingerprint density at radius 1 is 0.640 bits per heavy atom. The van der Waals surface area contributed by atoms with Crippen molar-refractivity contribution in [2.24, 2.45) is 0 Å². The van der Waals surface area contributed by atoms with Crippen LogP contribution in [0.1, 0.15) is 6.42 Å². The Morgan fingerprint density at radius 3 is 1.28 bits per heavy atom.